The number of nitrogens with zero attached hydrogens (tertiary/aromatic N) is 3. The maximum atomic E-state index is 12.9. The second-order valence-electron chi connectivity index (χ2n) is 6.88. The number of benzene rings is 2. The minimum Gasteiger partial charge on any atom is -0.267 e. The number of aromatic nitrogens is 2. The number of hydrogen-bond acceptors (Lipinski definition) is 4. The van der Waals surface area contributed by atoms with Gasteiger partial charge in [0, 0.05) is 28.9 Å². The molecule has 1 amide bonds. The molecule has 29 heavy (non-hydrogen) atoms. The number of hydrazone groups is 1. The number of para-hydroxylation sites is 1. The Kier molecular flexibility index (Phi) is 5.12. The van der Waals surface area contributed by atoms with E-state index in [0.29, 0.717) is 5.56 Å². The van der Waals surface area contributed by atoms with E-state index in [-0.39, 0.29) is 5.91 Å². The summed E-state index contributed by atoms with van der Waals surface area (Å²) >= 11 is 0. The van der Waals surface area contributed by atoms with Gasteiger partial charge in [-0.25, -0.2) is 10.4 Å². The Balaban J connectivity index is 1.74. The summed E-state index contributed by atoms with van der Waals surface area (Å²) in [6, 6.07) is 19.4. The molecule has 0 bridgehead atoms. The Morgan fingerprint density at radius 2 is 1.90 bits per heavy atom. The molecular weight excluding hydrogens is 360 g/mol. The molecule has 5 heteroatoms. The number of fused-ring (bicyclic) bond motifs is 1. The van der Waals surface area contributed by atoms with Gasteiger partial charge in [-0.2, -0.15) is 5.10 Å². The molecule has 2 aromatic carbocycles. The first-order valence-corrected chi connectivity index (χ1v) is 9.32. The number of amides is 1. The number of rotatable bonds is 4. The summed E-state index contributed by atoms with van der Waals surface area (Å²) in [5.74, 6) is -0.282. The van der Waals surface area contributed by atoms with E-state index in [2.05, 4.69) is 33.7 Å². The molecule has 0 aliphatic carbocycles. The summed E-state index contributed by atoms with van der Waals surface area (Å²) in [6.45, 7) is 4.09. The lowest BCUT2D eigenvalue weighted by atomic mass is 9.99. The van der Waals surface area contributed by atoms with Crippen LogP contribution in [0.1, 0.15) is 27.0 Å². The van der Waals surface area contributed by atoms with Gasteiger partial charge in [0.15, 0.2) is 0 Å². The van der Waals surface area contributed by atoms with Gasteiger partial charge in [0.05, 0.1) is 23.0 Å². The SMILES string of the molecule is Cc1ccc(C)c(-c2cc(C(=O)N/N=C\c3cccnc3)c3ccccc3n2)c1. The van der Waals surface area contributed by atoms with Crippen molar-refractivity contribution in [2.24, 2.45) is 5.10 Å². The minimum absolute atomic E-state index is 0.282. The van der Waals surface area contributed by atoms with Crippen molar-refractivity contribution in [2.45, 2.75) is 13.8 Å². The highest BCUT2D eigenvalue weighted by Crippen LogP contribution is 2.27. The van der Waals surface area contributed by atoms with Gasteiger partial charge in [-0.15, -0.1) is 0 Å². The molecule has 0 spiro atoms. The summed E-state index contributed by atoms with van der Waals surface area (Å²) < 4.78 is 0. The number of pyridine rings is 2. The first-order valence-electron chi connectivity index (χ1n) is 9.32. The van der Waals surface area contributed by atoms with Crippen LogP contribution in [0.3, 0.4) is 0 Å². The van der Waals surface area contributed by atoms with E-state index < -0.39 is 0 Å². The van der Waals surface area contributed by atoms with Gasteiger partial charge in [0.1, 0.15) is 0 Å². The fourth-order valence-electron chi connectivity index (χ4n) is 3.19. The Morgan fingerprint density at radius 1 is 1.03 bits per heavy atom. The normalized spacial score (nSPS) is 11.1. The number of carbonyl (C=O) groups excluding carboxylic acids is 1. The lowest BCUT2D eigenvalue weighted by molar-refractivity contribution is 0.0956. The highest BCUT2D eigenvalue weighted by atomic mass is 16.2. The van der Waals surface area contributed by atoms with Crippen molar-refractivity contribution >= 4 is 23.0 Å². The highest BCUT2D eigenvalue weighted by molar-refractivity contribution is 6.07. The first-order chi connectivity index (χ1) is 14.1. The molecule has 2 heterocycles. The number of carbonyl (C=O) groups is 1. The van der Waals surface area contributed by atoms with Crippen LogP contribution in [0.5, 0.6) is 0 Å². The zero-order chi connectivity index (χ0) is 20.2. The highest BCUT2D eigenvalue weighted by Gasteiger charge is 2.14. The summed E-state index contributed by atoms with van der Waals surface area (Å²) in [4.78, 5) is 21.7. The molecule has 0 atom stereocenters. The molecule has 4 rings (SSSR count). The van der Waals surface area contributed by atoms with E-state index in [1.54, 1.807) is 18.6 Å². The molecule has 0 radical (unpaired) electrons. The maximum Gasteiger partial charge on any atom is 0.272 e. The lowest BCUT2D eigenvalue weighted by Gasteiger charge is -2.11. The monoisotopic (exact) mass is 380 g/mol. The Hall–Kier alpha value is -3.86. The number of nitrogens with one attached hydrogen (secondary N) is 1. The summed E-state index contributed by atoms with van der Waals surface area (Å²) in [7, 11) is 0. The smallest absolute Gasteiger partial charge is 0.267 e. The predicted octanol–water partition coefficient (Wildman–Crippen LogP) is 4.68. The Bertz CT molecular complexity index is 1220. The van der Waals surface area contributed by atoms with Crippen LogP contribution in [0, 0.1) is 13.8 Å². The van der Waals surface area contributed by atoms with Crippen LogP contribution in [-0.4, -0.2) is 22.1 Å². The molecule has 0 unspecified atom stereocenters. The summed E-state index contributed by atoms with van der Waals surface area (Å²) in [6.07, 6.45) is 4.93. The Morgan fingerprint density at radius 3 is 2.72 bits per heavy atom. The fraction of sp³-hybridized carbons (Fsp3) is 0.0833. The van der Waals surface area contributed by atoms with Gasteiger partial charge in [0.25, 0.3) is 5.91 Å². The van der Waals surface area contributed by atoms with Crippen LogP contribution < -0.4 is 5.43 Å². The van der Waals surface area contributed by atoms with E-state index in [1.807, 2.05) is 56.3 Å². The van der Waals surface area contributed by atoms with Gasteiger partial charge in [-0.1, -0.05) is 42.0 Å². The summed E-state index contributed by atoms with van der Waals surface area (Å²) in [5, 5.41) is 4.86. The average molecular weight is 380 g/mol. The molecule has 1 N–H and O–H groups in total. The minimum atomic E-state index is -0.282. The van der Waals surface area contributed by atoms with Crippen molar-refractivity contribution in [3.8, 4) is 11.3 Å². The third-order valence-electron chi connectivity index (χ3n) is 4.69. The van der Waals surface area contributed by atoms with Crippen molar-refractivity contribution in [3.63, 3.8) is 0 Å². The molecule has 0 saturated heterocycles. The summed E-state index contributed by atoms with van der Waals surface area (Å²) in [5.41, 5.74) is 8.78. The zero-order valence-corrected chi connectivity index (χ0v) is 16.3. The third-order valence-corrected chi connectivity index (χ3v) is 4.69. The molecule has 0 aliphatic rings. The van der Waals surface area contributed by atoms with Crippen molar-refractivity contribution in [1.82, 2.24) is 15.4 Å². The van der Waals surface area contributed by atoms with Crippen LogP contribution in [-0.2, 0) is 0 Å². The molecule has 4 aromatic rings. The van der Waals surface area contributed by atoms with Crippen LogP contribution >= 0.6 is 0 Å². The second-order valence-corrected chi connectivity index (χ2v) is 6.88. The van der Waals surface area contributed by atoms with Gasteiger partial charge in [0.2, 0.25) is 0 Å². The van der Waals surface area contributed by atoms with Gasteiger partial charge >= 0.3 is 0 Å². The first kappa shape index (κ1) is 18.5. The van der Waals surface area contributed by atoms with Gasteiger partial charge in [-0.05, 0) is 43.7 Å². The van der Waals surface area contributed by atoms with Gasteiger partial charge < -0.3 is 0 Å². The van der Waals surface area contributed by atoms with E-state index in [9.17, 15) is 4.79 Å². The number of aryl methyl sites for hydroxylation is 2. The van der Waals surface area contributed by atoms with Crippen molar-refractivity contribution < 1.29 is 4.79 Å². The fourth-order valence-corrected chi connectivity index (χ4v) is 3.19. The number of hydrogen-bond donors (Lipinski definition) is 1. The van der Waals surface area contributed by atoms with E-state index >= 15 is 0 Å². The van der Waals surface area contributed by atoms with Crippen molar-refractivity contribution in [3.05, 3.63) is 95.3 Å². The standard InChI is InChI=1S/C24H20N4O/c1-16-9-10-17(2)20(12-16)23-13-21(19-7-3-4-8-22(19)27-23)24(29)28-26-15-18-6-5-11-25-14-18/h3-15H,1-2H3,(H,28,29)/b26-15-. The van der Waals surface area contributed by atoms with E-state index in [1.165, 1.54) is 0 Å². The van der Waals surface area contributed by atoms with Gasteiger partial charge in [-0.3, -0.25) is 9.78 Å². The second kappa shape index (κ2) is 8.02. The van der Waals surface area contributed by atoms with E-state index in [0.717, 1.165) is 38.9 Å². The van der Waals surface area contributed by atoms with Crippen LogP contribution in [0.25, 0.3) is 22.2 Å². The largest absolute Gasteiger partial charge is 0.272 e. The van der Waals surface area contributed by atoms with Crippen molar-refractivity contribution in [2.75, 3.05) is 0 Å². The zero-order valence-electron chi connectivity index (χ0n) is 16.3. The van der Waals surface area contributed by atoms with Crippen LogP contribution in [0.15, 0.2) is 78.2 Å². The quantitative estimate of drug-likeness (QED) is 0.413. The lowest BCUT2D eigenvalue weighted by Crippen LogP contribution is -2.18. The molecule has 0 aliphatic heterocycles. The molecule has 5 nitrogen and oxygen atoms in total. The molecule has 0 fully saturated rings. The van der Waals surface area contributed by atoms with E-state index in [4.69, 9.17) is 4.98 Å². The average Bonchev–Trinajstić information content (AvgIpc) is 2.75. The van der Waals surface area contributed by atoms with Crippen LogP contribution in [0.4, 0.5) is 0 Å². The third kappa shape index (κ3) is 4.04. The van der Waals surface area contributed by atoms with Crippen LogP contribution in [0.2, 0.25) is 0 Å². The molecule has 0 saturated carbocycles. The molecule has 142 valence electrons. The molecule has 2 aromatic heterocycles. The molecular formula is C24H20N4O. The maximum absolute atomic E-state index is 12.9. The topological polar surface area (TPSA) is 67.2 Å². The Labute approximate surface area is 169 Å². The predicted molar refractivity (Wildman–Crippen MR) is 116 cm³/mol. The van der Waals surface area contributed by atoms with Crippen molar-refractivity contribution in [1.29, 1.82) is 0 Å².